The van der Waals surface area contributed by atoms with E-state index in [0.29, 0.717) is 17.0 Å². The molecule has 2 nitrogen and oxygen atoms in total. The van der Waals surface area contributed by atoms with E-state index in [0.717, 1.165) is 12.1 Å². The van der Waals surface area contributed by atoms with Gasteiger partial charge in [0, 0.05) is 6.54 Å². The Morgan fingerprint density at radius 2 is 1.81 bits per heavy atom. The summed E-state index contributed by atoms with van der Waals surface area (Å²) >= 11 is 0. The van der Waals surface area contributed by atoms with Gasteiger partial charge in [0.2, 0.25) is 0 Å². The van der Waals surface area contributed by atoms with Crippen molar-refractivity contribution in [3.8, 4) is 5.75 Å². The summed E-state index contributed by atoms with van der Waals surface area (Å²) in [7, 11) is 1.50. The van der Waals surface area contributed by atoms with E-state index in [1.807, 2.05) is 0 Å². The number of para-hydroxylation sites is 2. The lowest BCUT2D eigenvalue weighted by molar-refractivity contribution is -0.140. The van der Waals surface area contributed by atoms with E-state index in [4.69, 9.17) is 4.74 Å². The van der Waals surface area contributed by atoms with Crippen LogP contribution in [0.15, 0.2) is 42.5 Å². The fourth-order valence-electron chi connectivity index (χ4n) is 1.89. The number of nitrogens with one attached hydrogen (secondary N) is 1. The molecule has 0 amide bonds. The fraction of sp³-hybridized carbons (Fsp3) is 0.200. The number of benzene rings is 2. The Labute approximate surface area is 119 Å². The summed E-state index contributed by atoms with van der Waals surface area (Å²) in [5, 5.41) is 2.96. The Bertz CT molecular complexity index is 625. The van der Waals surface area contributed by atoms with Crippen molar-refractivity contribution in [1.29, 1.82) is 0 Å². The van der Waals surface area contributed by atoms with Gasteiger partial charge < -0.3 is 10.1 Å². The molecule has 2 aromatic carbocycles. The Balaban J connectivity index is 2.17. The van der Waals surface area contributed by atoms with Gasteiger partial charge in [0.05, 0.1) is 18.4 Å². The van der Waals surface area contributed by atoms with Gasteiger partial charge >= 0.3 is 6.18 Å². The van der Waals surface area contributed by atoms with Gasteiger partial charge in [-0.1, -0.05) is 18.2 Å². The number of alkyl halides is 3. The molecule has 0 aliphatic rings. The zero-order chi connectivity index (χ0) is 15.5. The quantitative estimate of drug-likeness (QED) is 0.841. The second-order valence-electron chi connectivity index (χ2n) is 4.37. The van der Waals surface area contributed by atoms with Crippen molar-refractivity contribution >= 4 is 5.69 Å². The number of hydrogen-bond donors (Lipinski definition) is 1. The molecule has 2 rings (SSSR count). The van der Waals surface area contributed by atoms with Gasteiger partial charge in [-0.05, 0) is 29.8 Å². The highest BCUT2D eigenvalue weighted by atomic mass is 19.4. The van der Waals surface area contributed by atoms with Crippen LogP contribution in [-0.2, 0) is 12.7 Å². The number of hydrogen-bond acceptors (Lipinski definition) is 2. The first kappa shape index (κ1) is 15.2. The number of halogens is 4. The molecule has 0 saturated carbocycles. The van der Waals surface area contributed by atoms with Crippen LogP contribution in [0.25, 0.3) is 0 Å². The van der Waals surface area contributed by atoms with E-state index in [9.17, 15) is 17.6 Å². The average Bonchev–Trinajstić information content (AvgIpc) is 2.45. The smallest absolute Gasteiger partial charge is 0.419 e. The van der Waals surface area contributed by atoms with Crippen molar-refractivity contribution in [2.75, 3.05) is 12.4 Å². The molecule has 2 aromatic rings. The predicted molar refractivity (Wildman–Crippen MR) is 71.7 cm³/mol. The van der Waals surface area contributed by atoms with Gasteiger partial charge in [-0.2, -0.15) is 13.2 Å². The second-order valence-corrected chi connectivity index (χ2v) is 4.37. The molecule has 0 bridgehead atoms. The molecule has 112 valence electrons. The third kappa shape index (κ3) is 3.65. The van der Waals surface area contributed by atoms with E-state index in [1.54, 1.807) is 24.3 Å². The van der Waals surface area contributed by atoms with E-state index in [-0.39, 0.29) is 6.54 Å². The van der Waals surface area contributed by atoms with Crippen molar-refractivity contribution in [3.63, 3.8) is 0 Å². The standard InChI is InChI=1S/C15H13F4NO/c1-21-14-5-3-2-4-13(14)20-9-10-6-7-12(16)11(8-10)15(17,18)19/h2-8,20H,9H2,1H3. The SMILES string of the molecule is COc1ccccc1NCc1ccc(F)c(C(F)(F)F)c1. The van der Waals surface area contributed by atoms with Crippen LogP contribution in [0.5, 0.6) is 5.75 Å². The van der Waals surface area contributed by atoms with E-state index >= 15 is 0 Å². The van der Waals surface area contributed by atoms with Crippen LogP contribution in [0.4, 0.5) is 23.2 Å². The number of rotatable bonds is 4. The lowest BCUT2D eigenvalue weighted by Gasteiger charge is -2.13. The summed E-state index contributed by atoms with van der Waals surface area (Å²) < 4.78 is 56.2. The summed E-state index contributed by atoms with van der Waals surface area (Å²) in [5.74, 6) is -0.695. The molecule has 1 N–H and O–H groups in total. The van der Waals surface area contributed by atoms with Gasteiger partial charge in [0.25, 0.3) is 0 Å². The molecule has 0 saturated heterocycles. The third-order valence-corrected chi connectivity index (χ3v) is 2.93. The minimum Gasteiger partial charge on any atom is -0.495 e. The van der Waals surface area contributed by atoms with Gasteiger partial charge in [-0.15, -0.1) is 0 Å². The van der Waals surface area contributed by atoms with Crippen LogP contribution in [0.1, 0.15) is 11.1 Å². The van der Waals surface area contributed by atoms with Crippen LogP contribution in [0, 0.1) is 5.82 Å². The molecule has 0 fully saturated rings. The second kappa shape index (κ2) is 6.03. The van der Waals surface area contributed by atoms with E-state index in [2.05, 4.69) is 5.32 Å². The Kier molecular flexibility index (Phi) is 4.35. The molecular weight excluding hydrogens is 286 g/mol. The van der Waals surface area contributed by atoms with Crippen LogP contribution in [0.2, 0.25) is 0 Å². The van der Waals surface area contributed by atoms with Crippen LogP contribution in [-0.4, -0.2) is 7.11 Å². The molecule has 0 radical (unpaired) electrons. The van der Waals surface area contributed by atoms with Crippen molar-refractivity contribution in [2.45, 2.75) is 12.7 Å². The topological polar surface area (TPSA) is 21.3 Å². The van der Waals surface area contributed by atoms with Crippen molar-refractivity contribution in [2.24, 2.45) is 0 Å². The predicted octanol–water partition coefficient (Wildman–Crippen LogP) is 4.47. The van der Waals surface area contributed by atoms with Crippen molar-refractivity contribution in [1.82, 2.24) is 0 Å². The first-order valence-corrected chi connectivity index (χ1v) is 6.14. The summed E-state index contributed by atoms with van der Waals surface area (Å²) in [6.45, 7) is 0.129. The molecule has 0 aliphatic carbocycles. The van der Waals surface area contributed by atoms with Gasteiger partial charge in [-0.25, -0.2) is 4.39 Å². The molecule has 0 atom stereocenters. The Hall–Kier alpha value is -2.24. The highest BCUT2D eigenvalue weighted by Gasteiger charge is 2.34. The first-order chi connectivity index (χ1) is 9.91. The van der Waals surface area contributed by atoms with Crippen LogP contribution < -0.4 is 10.1 Å². The highest BCUT2D eigenvalue weighted by Crippen LogP contribution is 2.32. The van der Waals surface area contributed by atoms with Crippen molar-refractivity contribution < 1.29 is 22.3 Å². The molecule has 6 heteroatoms. The minimum atomic E-state index is -4.70. The summed E-state index contributed by atoms with van der Waals surface area (Å²) in [5.41, 5.74) is -0.283. The zero-order valence-corrected chi connectivity index (χ0v) is 11.2. The lowest BCUT2D eigenvalue weighted by Crippen LogP contribution is -2.10. The largest absolute Gasteiger partial charge is 0.495 e. The van der Waals surface area contributed by atoms with E-state index in [1.165, 1.54) is 13.2 Å². The monoisotopic (exact) mass is 299 g/mol. The van der Waals surface area contributed by atoms with Gasteiger partial charge in [0.15, 0.2) is 0 Å². The number of methoxy groups -OCH3 is 1. The third-order valence-electron chi connectivity index (χ3n) is 2.93. The maximum Gasteiger partial charge on any atom is 0.419 e. The van der Waals surface area contributed by atoms with Crippen LogP contribution in [0.3, 0.4) is 0 Å². The van der Waals surface area contributed by atoms with Crippen molar-refractivity contribution in [3.05, 3.63) is 59.4 Å². The minimum absolute atomic E-state index is 0.129. The molecule has 0 heterocycles. The van der Waals surface area contributed by atoms with Crippen LogP contribution >= 0.6 is 0 Å². The molecule has 0 unspecified atom stereocenters. The Morgan fingerprint density at radius 3 is 2.48 bits per heavy atom. The van der Waals surface area contributed by atoms with Gasteiger partial charge in [-0.3, -0.25) is 0 Å². The molecule has 0 aromatic heterocycles. The normalized spacial score (nSPS) is 11.3. The molecule has 0 aliphatic heterocycles. The average molecular weight is 299 g/mol. The first-order valence-electron chi connectivity index (χ1n) is 6.14. The molecule has 21 heavy (non-hydrogen) atoms. The van der Waals surface area contributed by atoms with E-state index < -0.39 is 17.6 Å². The maximum absolute atomic E-state index is 13.2. The summed E-state index contributed by atoms with van der Waals surface area (Å²) in [6, 6.07) is 9.97. The number of ether oxygens (including phenoxy) is 1. The summed E-state index contributed by atoms with van der Waals surface area (Å²) in [4.78, 5) is 0. The fourth-order valence-corrected chi connectivity index (χ4v) is 1.89. The molecular formula is C15H13F4NO. The lowest BCUT2D eigenvalue weighted by atomic mass is 10.1. The number of anilines is 1. The maximum atomic E-state index is 13.2. The molecule has 0 spiro atoms. The Morgan fingerprint density at radius 1 is 1.10 bits per heavy atom. The van der Waals surface area contributed by atoms with Gasteiger partial charge in [0.1, 0.15) is 11.6 Å². The highest BCUT2D eigenvalue weighted by molar-refractivity contribution is 5.56. The summed E-state index contributed by atoms with van der Waals surface area (Å²) in [6.07, 6.45) is -4.70. The zero-order valence-electron chi connectivity index (χ0n) is 11.2.